The number of anilines is 1. The predicted octanol–water partition coefficient (Wildman–Crippen LogP) is 2.66. The summed E-state index contributed by atoms with van der Waals surface area (Å²) in [4.78, 5) is 19.2. The minimum atomic E-state index is 0.0649. The number of nitrogen functional groups attached to an aromatic ring is 1. The van der Waals surface area contributed by atoms with Gasteiger partial charge >= 0.3 is 0 Å². The number of nitrogens with two attached hydrogens (primary N) is 1. The van der Waals surface area contributed by atoms with Crippen molar-refractivity contribution in [1.82, 2.24) is 9.88 Å². The number of benzene rings is 1. The lowest BCUT2D eigenvalue weighted by molar-refractivity contribution is 0.0794. The molecule has 2 aromatic rings. The van der Waals surface area contributed by atoms with E-state index in [1.54, 1.807) is 0 Å². The van der Waals surface area contributed by atoms with Crippen LogP contribution in [-0.2, 0) is 0 Å². The maximum Gasteiger partial charge on any atom is 0.265 e. The average Bonchev–Trinajstić information content (AvgIpc) is 3.06. The van der Waals surface area contributed by atoms with Gasteiger partial charge in [-0.2, -0.15) is 0 Å². The molecule has 104 valence electrons. The van der Waals surface area contributed by atoms with Gasteiger partial charge in [0.15, 0.2) is 5.13 Å². The number of likely N-dealkylation sites (tertiary alicyclic amines) is 1. The van der Waals surface area contributed by atoms with E-state index in [-0.39, 0.29) is 5.91 Å². The van der Waals surface area contributed by atoms with Crippen molar-refractivity contribution < 1.29 is 4.79 Å². The van der Waals surface area contributed by atoms with Crippen molar-refractivity contribution in [2.75, 3.05) is 18.8 Å². The third kappa shape index (κ3) is 2.41. The summed E-state index contributed by atoms with van der Waals surface area (Å²) in [7, 11) is 0. The van der Waals surface area contributed by atoms with Gasteiger partial charge in [0.2, 0.25) is 0 Å². The first-order valence-electron chi connectivity index (χ1n) is 6.72. The number of nitrogens with zero attached hydrogens (tertiary/aromatic N) is 2. The fraction of sp³-hybridized carbons (Fsp3) is 0.333. The molecule has 1 amide bonds. The van der Waals surface area contributed by atoms with Gasteiger partial charge < -0.3 is 10.6 Å². The molecule has 0 bridgehead atoms. The molecule has 0 spiro atoms. The van der Waals surface area contributed by atoms with Crippen molar-refractivity contribution in [3.8, 4) is 0 Å². The van der Waals surface area contributed by atoms with E-state index >= 15 is 0 Å². The zero-order valence-corrected chi connectivity index (χ0v) is 12.2. The number of aryl methyl sites for hydroxylation is 1. The lowest BCUT2D eigenvalue weighted by Crippen LogP contribution is -2.28. The minimum absolute atomic E-state index is 0.0649. The fourth-order valence-electron chi connectivity index (χ4n) is 2.70. The zero-order chi connectivity index (χ0) is 14.1. The van der Waals surface area contributed by atoms with Crippen LogP contribution in [0.25, 0.3) is 0 Å². The van der Waals surface area contributed by atoms with Gasteiger partial charge in [-0.05, 0) is 18.9 Å². The summed E-state index contributed by atoms with van der Waals surface area (Å²) in [5, 5.41) is 0.463. The topological polar surface area (TPSA) is 59.2 Å². The highest BCUT2D eigenvalue weighted by Crippen LogP contribution is 2.30. The molecule has 1 aromatic carbocycles. The van der Waals surface area contributed by atoms with Gasteiger partial charge in [-0.1, -0.05) is 41.7 Å². The molecule has 1 fully saturated rings. The summed E-state index contributed by atoms with van der Waals surface area (Å²) in [5.41, 5.74) is 7.72. The molecule has 0 aliphatic carbocycles. The molecule has 3 rings (SSSR count). The Labute approximate surface area is 122 Å². The van der Waals surface area contributed by atoms with E-state index in [0.717, 1.165) is 25.2 Å². The second-order valence-corrected chi connectivity index (χ2v) is 6.14. The van der Waals surface area contributed by atoms with Crippen molar-refractivity contribution in [3.63, 3.8) is 0 Å². The molecule has 5 heteroatoms. The number of aromatic nitrogens is 1. The van der Waals surface area contributed by atoms with Gasteiger partial charge in [-0.3, -0.25) is 4.79 Å². The smallest absolute Gasteiger partial charge is 0.265 e. The maximum absolute atomic E-state index is 12.5. The SMILES string of the molecule is Cc1nc(N)sc1C(=O)N1CCC(c2ccccc2)C1. The Balaban J connectivity index is 1.74. The second-order valence-electron chi connectivity index (χ2n) is 5.11. The Morgan fingerprint density at radius 2 is 2.15 bits per heavy atom. The van der Waals surface area contributed by atoms with Crippen LogP contribution in [0.15, 0.2) is 30.3 Å². The Bertz CT molecular complexity index is 623. The molecule has 2 heterocycles. The normalized spacial score (nSPS) is 18.4. The fourth-order valence-corrected chi connectivity index (χ4v) is 3.50. The van der Waals surface area contributed by atoms with Crippen molar-refractivity contribution >= 4 is 22.4 Å². The monoisotopic (exact) mass is 287 g/mol. The van der Waals surface area contributed by atoms with E-state index in [2.05, 4.69) is 17.1 Å². The number of carbonyl (C=O) groups excluding carboxylic acids is 1. The quantitative estimate of drug-likeness (QED) is 0.923. The van der Waals surface area contributed by atoms with Gasteiger partial charge in [0, 0.05) is 19.0 Å². The largest absolute Gasteiger partial charge is 0.375 e. The zero-order valence-electron chi connectivity index (χ0n) is 11.4. The summed E-state index contributed by atoms with van der Waals surface area (Å²) < 4.78 is 0. The third-order valence-corrected chi connectivity index (χ3v) is 4.73. The first-order valence-corrected chi connectivity index (χ1v) is 7.54. The summed E-state index contributed by atoms with van der Waals surface area (Å²) in [5.74, 6) is 0.501. The predicted molar refractivity (Wildman–Crippen MR) is 81.0 cm³/mol. The lowest BCUT2D eigenvalue weighted by Gasteiger charge is -2.16. The van der Waals surface area contributed by atoms with E-state index in [1.807, 2.05) is 30.0 Å². The standard InChI is InChI=1S/C15H17N3OS/c1-10-13(20-15(16)17-10)14(19)18-8-7-12(9-18)11-5-3-2-4-6-11/h2-6,12H,7-9H2,1H3,(H2,16,17). The van der Waals surface area contributed by atoms with Gasteiger partial charge in [0.25, 0.3) is 5.91 Å². The molecular weight excluding hydrogens is 270 g/mol. The van der Waals surface area contributed by atoms with E-state index in [1.165, 1.54) is 16.9 Å². The van der Waals surface area contributed by atoms with Crippen LogP contribution in [0.3, 0.4) is 0 Å². The Morgan fingerprint density at radius 3 is 2.80 bits per heavy atom. The van der Waals surface area contributed by atoms with Gasteiger partial charge in [0.1, 0.15) is 4.88 Å². The highest BCUT2D eigenvalue weighted by atomic mass is 32.1. The Kier molecular flexibility index (Phi) is 3.44. The van der Waals surface area contributed by atoms with E-state index in [4.69, 9.17) is 5.73 Å². The summed E-state index contributed by atoms with van der Waals surface area (Å²) >= 11 is 1.28. The van der Waals surface area contributed by atoms with Crippen molar-refractivity contribution in [2.45, 2.75) is 19.3 Å². The van der Waals surface area contributed by atoms with E-state index < -0.39 is 0 Å². The molecule has 1 aliphatic heterocycles. The first-order chi connectivity index (χ1) is 9.65. The van der Waals surface area contributed by atoms with E-state index in [0.29, 0.717) is 15.9 Å². The van der Waals surface area contributed by atoms with Crippen LogP contribution in [0.5, 0.6) is 0 Å². The van der Waals surface area contributed by atoms with Crippen LogP contribution in [0.4, 0.5) is 5.13 Å². The Morgan fingerprint density at radius 1 is 1.40 bits per heavy atom. The van der Waals surface area contributed by atoms with Crippen LogP contribution in [0, 0.1) is 6.92 Å². The number of amides is 1. The molecule has 1 saturated heterocycles. The van der Waals surface area contributed by atoms with Crippen LogP contribution in [0.1, 0.15) is 33.3 Å². The number of thiazole rings is 1. The van der Waals surface area contributed by atoms with Crippen LogP contribution < -0.4 is 5.73 Å². The van der Waals surface area contributed by atoms with Crippen LogP contribution in [-0.4, -0.2) is 28.9 Å². The van der Waals surface area contributed by atoms with Crippen LogP contribution >= 0.6 is 11.3 Å². The molecule has 20 heavy (non-hydrogen) atoms. The maximum atomic E-state index is 12.5. The molecule has 0 saturated carbocycles. The average molecular weight is 287 g/mol. The molecule has 2 N–H and O–H groups in total. The molecule has 1 atom stereocenters. The summed E-state index contributed by atoms with van der Waals surface area (Å²) in [6, 6.07) is 10.4. The molecule has 1 unspecified atom stereocenters. The molecule has 4 nitrogen and oxygen atoms in total. The number of carbonyl (C=O) groups is 1. The molecule has 1 aromatic heterocycles. The van der Waals surface area contributed by atoms with Gasteiger partial charge in [0.05, 0.1) is 5.69 Å². The van der Waals surface area contributed by atoms with Crippen molar-refractivity contribution in [3.05, 3.63) is 46.5 Å². The van der Waals surface area contributed by atoms with Gasteiger partial charge in [-0.25, -0.2) is 4.98 Å². The molecule has 1 aliphatic rings. The Hall–Kier alpha value is -1.88. The number of hydrogen-bond donors (Lipinski definition) is 1. The third-order valence-electron chi connectivity index (χ3n) is 3.75. The molecule has 0 radical (unpaired) electrons. The number of hydrogen-bond acceptors (Lipinski definition) is 4. The van der Waals surface area contributed by atoms with Crippen molar-refractivity contribution in [1.29, 1.82) is 0 Å². The lowest BCUT2D eigenvalue weighted by atomic mass is 9.99. The van der Waals surface area contributed by atoms with Crippen molar-refractivity contribution in [2.24, 2.45) is 0 Å². The number of rotatable bonds is 2. The highest BCUT2D eigenvalue weighted by Gasteiger charge is 2.29. The van der Waals surface area contributed by atoms with Crippen LogP contribution in [0.2, 0.25) is 0 Å². The summed E-state index contributed by atoms with van der Waals surface area (Å²) in [6.45, 7) is 3.42. The minimum Gasteiger partial charge on any atom is -0.375 e. The van der Waals surface area contributed by atoms with Gasteiger partial charge in [-0.15, -0.1) is 0 Å². The van der Waals surface area contributed by atoms with E-state index in [9.17, 15) is 4.79 Å². The first kappa shape index (κ1) is 13.1. The summed E-state index contributed by atoms with van der Waals surface area (Å²) in [6.07, 6.45) is 1.02. The second kappa shape index (κ2) is 5.25. The highest BCUT2D eigenvalue weighted by molar-refractivity contribution is 7.17. The molecular formula is C15H17N3OS.